The predicted octanol–water partition coefficient (Wildman–Crippen LogP) is 1.42. The van der Waals surface area contributed by atoms with Crippen molar-refractivity contribution in [3.63, 3.8) is 0 Å². The van der Waals surface area contributed by atoms with Crippen LogP contribution < -0.4 is 0 Å². The van der Waals surface area contributed by atoms with E-state index in [1.807, 2.05) is 13.2 Å². The number of likely N-dealkylation sites (tertiary alicyclic amines) is 1. The highest BCUT2D eigenvalue weighted by Crippen LogP contribution is 2.23. The van der Waals surface area contributed by atoms with E-state index < -0.39 is 0 Å². The van der Waals surface area contributed by atoms with Gasteiger partial charge in [-0.1, -0.05) is 28.1 Å². The topological polar surface area (TPSA) is 34.0 Å². The highest BCUT2D eigenvalue weighted by Gasteiger charge is 2.24. The first kappa shape index (κ1) is 11.1. The molecule has 0 spiro atoms. The molecule has 2 atom stereocenters. The van der Waals surface area contributed by atoms with Crippen LogP contribution in [0.2, 0.25) is 0 Å². The lowest BCUT2D eigenvalue weighted by Crippen LogP contribution is -2.39. The Bertz CT molecular complexity index is 325. The molecule has 15 heavy (non-hydrogen) atoms. The zero-order valence-electron chi connectivity index (χ0n) is 9.23. The molecule has 2 rings (SSSR count). The fraction of sp³-hybridized carbons (Fsp3) is 0.800. The van der Waals surface area contributed by atoms with E-state index in [0.29, 0.717) is 4.83 Å². The second-order valence-corrected chi connectivity index (χ2v) is 5.58. The third-order valence-corrected chi connectivity index (χ3v) is 4.18. The molecule has 1 saturated heterocycles. The highest BCUT2D eigenvalue weighted by atomic mass is 79.9. The average molecular weight is 273 g/mol. The molecule has 0 aliphatic carbocycles. The van der Waals surface area contributed by atoms with Crippen LogP contribution in [0.15, 0.2) is 6.20 Å². The molecule has 0 amide bonds. The summed E-state index contributed by atoms with van der Waals surface area (Å²) in [5, 5.41) is 8.05. The minimum Gasteiger partial charge on any atom is -0.296 e. The van der Waals surface area contributed by atoms with Gasteiger partial charge in [-0.05, 0) is 18.9 Å². The van der Waals surface area contributed by atoms with Gasteiger partial charge in [0.1, 0.15) is 0 Å². The van der Waals surface area contributed by atoms with Crippen molar-refractivity contribution in [1.82, 2.24) is 19.9 Å². The van der Waals surface area contributed by atoms with Gasteiger partial charge < -0.3 is 0 Å². The molecule has 84 valence electrons. The molecule has 0 radical (unpaired) electrons. The average Bonchev–Trinajstić information content (AvgIpc) is 2.58. The molecule has 1 aromatic heterocycles. The van der Waals surface area contributed by atoms with E-state index in [9.17, 15) is 0 Å². The molecule has 0 aromatic carbocycles. The second-order valence-electron chi connectivity index (χ2n) is 4.40. The van der Waals surface area contributed by atoms with Gasteiger partial charge in [-0.15, -0.1) is 5.10 Å². The summed E-state index contributed by atoms with van der Waals surface area (Å²) in [4.78, 5) is 3.05. The summed E-state index contributed by atoms with van der Waals surface area (Å²) >= 11 is 3.73. The molecule has 2 heterocycles. The Kier molecular flexibility index (Phi) is 3.41. The first-order valence-electron chi connectivity index (χ1n) is 5.37. The molecule has 1 aliphatic rings. The van der Waals surface area contributed by atoms with Crippen LogP contribution in [0.5, 0.6) is 0 Å². The van der Waals surface area contributed by atoms with Crippen molar-refractivity contribution in [2.45, 2.75) is 24.7 Å². The minimum atomic E-state index is 0.614. The number of nitrogens with zero attached hydrogens (tertiary/aromatic N) is 4. The first-order valence-corrected chi connectivity index (χ1v) is 6.28. The van der Waals surface area contributed by atoms with Gasteiger partial charge in [0.25, 0.3) is 0 Å². The molecule has 0 N–H and O–H groups in total. The summed E-state index contributed by atoms with van der Waals surface area (Å²) in [6.07, 6.45) is 3.25. The van der Waals surface area contributed by atoms with Gasteiger partial charge in [0.15, 0.2) is 0 Å². The van der Waals surface area contributed by atoms with Gasteiger partial charge in [0.2, 0.25) is 0 Å². The summed E-state index contributed by atoms with van der Waals surface area (Å²) in [7, 11) is 1.90. The Morgan fingerprint density at radius 2 is 2.40 bits per heavy atom. The van der Waals surface area contributed by atoms with Gasteiger partial charge in [0.05, 0.1) is 5.69 Å². The van der Waals surface area contributed by atoms with E-state index in [1.165, 1.54) is 13.0 Å². The van der Waals surface area contributed by atoms with E-state index in [-0.39, 0.29) is 0 Å². The molecule has 1 aliphatic heterocycles. The van der Waals surface area contributed by atoms with Gasteiger partial charge in [-0.25, -0.2) is 0 Å². The van der Waals surface area contributed by atoms with Crippen molar-refractivity contribution < 1.29 is 0 Å². The molecular formula is C10H17BrN4. The number of hydrogen-bond acceptors (Lipinski definition) is 3. The van der Waals surface area contributed by atoms with Crippen LogP contribution >= 0.6 is 15.9 Å². The van der Waals surface area contributed by atoms with Gasteiger partial charge in [-0.2, -0.15) is 0 Å². The van der Waals surface area contributed by atoms with Crippen LogP contribution in [0.4, 0.5) is 0 Å². The molecular weight excluding hydrogens is 256 g/mol. The zero-order chi connectivity index (χ0) is 10.8. The molecule has 0 bridgehead atoms. The van der Waals surface area contributed by atoms with Crippen LogP contribution in [-0.4, -0.2) is 37.8 Å². The number of piperidine rings is 1. The van der Waals surface area contributed by atoms with Crippen LogP contribution in [0.25, 0.3) is 0 Å². The summed E-state index contributed by atoms with van der Waals surface area (Å²) in [6, 6.07) is 0. The summed E-state index contributed by atoms with van der Waals surface area (Å²) < 4.78 is 1.76. The lowest BCUT2D eigenvalue weighted by Gasteiger charge is -2.33. The Balaban J connectivity index is 1.90. The lowest BCUT2D eigenvalue weighted by molar-refractivity contribution is 0.192. The molecule has 5 heteroatoms. The highest BCUT2D eigenvalue weighted by molar-refractivity contribution is 9.09. The third kappa shape index (κ3) is 2.78. The molecule has 4 nitrogen and oxygen atoms in total. The van der Waals surface area contributed by atoms with Crippen LogP contribution in [-0.2, 0) is 13.6 Å². The number of hydrogen-bond donors (Lipinski definition) is 0. The molecule has 1 aromatic rings. The van der Waals surface area contributed by atoms with Crippen molar-refractivity contribution in [3.8, 4) is 0 Å². The number of aromatic nitrogens is 3. The molecule has 1 fully saturated rings. The lowest BCUT2D eigenvalue weighted by atomic mass is 9.99. The predicted molar refractivity (Wildman–Crippen MR) is 62.8 cm³/mol. The zero-order valence-corrected chi connectivity index (χ0v) is 10.8. The fourth-order valence-corrected chi connectivity index (χ4v) is 2.60. The first-order chi connectivity index (χ1) is 7.15. The standard InChI is InChI=1S/C10H17BrN4/c1-8-3-4-15(7-10(8)11)6-9-5-14(2)13-12-9/h5,8,10H,3-4,6-7H2,1-2H3. The number of alkyl halides is 1. The monoisotopic (exact) mass is 272 g/mol. The number of halogens is 1. The quantitative estimate of drug-likeness (QED) is 0.764. The van der Waals surface area contributed by atoms with Crippen molar-refractivity contribution in [2.24, 2.45) is 13.0 Å². The summed E-state index contributed by atoms with van der Waals surface area (Å²) in [6.45, 7) is 5.50. The SMILES string of the molecule is CC1CCN(Cc2cn(C)nn2)CC1Br. The maximum absolute atomic E-state index is 4.11. The Morgan fingerprint density at radius 1 is 1.60 bits per heavy atom. The number of aryl methyl sites for hydroxylation is 1. The van der Waals surface area contributed by atoms with Crippen molar-refractivity contribution >= 4 is 15.9 Å². The van der Waals surface area contributed by atoms with Crippen molar-refractivity contribution in [2.75, 3.05) is 13.1 Å². The fourth-order valence-electron chi connectivity index (χ4n) is 1.93. The van der Waals surface area contributed by atoms with Crippen molar-refractivity contribution in [1.29, 1.82) is 0 Å². The van der Waals surface area contributed by atoms with E-state index in [4.69, 9.17) is 0 Å². The Labute approximate surface area is 98.8 Å². The summed E-state index contributed by atoms with van der Waals surface area (Å²) in [5.74, 6) is 0.781. The maximum atomic E-state index is 4.11. The minimum absolute atomic E-state index is 0.614. The third-order valence-electron chi connectivity index (χ3n) is 2.99. The Hall–Kier alpha value is -0.420. The van der Waals surface area contributed by atoms with E-state index in [0.717, 1.165) is 24.7 Å². The van der Waals surface area contributed by atoms with E-state index >= 15 is 0 Å². The van der Waals surface area contributed by atoms with E-state index in [2.05, 4.69) is 38.1 Å². The Morgan fingerprint density at radius 3 is 3.00 bits per heavy atom. The van der Waals surface area contributed by atoms with Gasteiger partial charge in [0, 0.05) is 31.2 Å². The number of rotatable bonds is 2. The second kappa shape index (κ2) is 4.61. The van der Waals surface area contributed by atoms with Crippen molar-refractivity contribution in [3.05, 3.63) is 11.9 Å². The maximum Gasteiger partial charge on any atom is 0.0967 e. The largest absolute Gasteiger partial charge is 0.296 e. The normalized spacial score (nSPS) is 28.2. The summed E-state index contributed by atoms with van der Waals surface area (Å²) in [5.41, 5.74) is 1.06. The smallest absolute Gasteiger partial charge is 0.0967 e. The van der Waals surface area contributed by atoms with Gasteiger partial charge >= 0.3 is 0 Å². The van der Waals surface area contributed by atoms with Crippen LogP contribution in [0, 0.1) is 5.92 Å². The molecule has 2 unspecified atom stereocenters. The molecule has 0 saturated carbocycles. The van der Waals surface area contributed by atoms with E-state index in [1.54, 1.807) is 4.68 Å². The van der Waals surface area contributed by atoms with Crippen LogP contribution in [0.1, 0.15) is 19.0 Å². The van der Waals surface area contributed by atoms with Gasteiger partial charge in [-0.3, -0.25) is 9.58 Å². The van der Waals surface area contributed by atoms with Crippen LogP contribution in [0.3, 0.4) is 0 Å².